The molecule has 0 radical (unpaired) electrons. The zero-order valence-corrected chi connectivity index (χ0v) is 14.8. The molecule has 4 rings (SSSR count). The second-order valence-corrected chi connectivity index (χ2v) is 7.31. The van der Waals surface area contributed by atoms with Gasteiger partial charge >= 0.3 is 0 Å². The predicted octanol–water partition coefficient (Wildman–Crippen LogP) is 3.07. The standard InChI is InChI=1S/C18H18N4O3S/c23-17(13-10-12(19-20-13)14-6-4-8-25-14)21-22-18(24)16-9-11-5-2-1-3-7-15(11)26-16/h4,6,8-10H,1-3,5,7H2,(H,19,20)(H,21,23)(H,22,24). The second-order valence-electron chi connectivity index (χ2n) is 6.17. The van der Waals surface area contributed by atoms with Gasteiger partial charge in [-0.3, -0.25) is 25.5 Å². The lowest BCUT2D eigenvalue weighted by molar-refractivity contribution is 0.0846. The van der Waals surface area contributed by atoms with Gasteiger partial charge in [0, 0.05) is 10.9 Å². The highest BCUT2D eigenvalue weighted by atomic mass is 32.1. The van der Waals surface area contributed by atoms with Gasteiger partial charge < -0.3 is 4.42 Å². The largest absolute Gasteiger partial charge is 0.463 e. The third-order valence-corrected chi connectivity index (χ3v) is 5.59. The molecule has 0 saturated heterocycles. The SMILES string of the molecule is O=C(NNC(=O)c1cc2c(s1)CCCCC2)c1cc(-c2ccco2)[nH]n1. The van der Waals surface area contributed by atoms with Crippen molar-refractivity contribution in [2.75, 3.05) is 0 Å². The first-order valence-electron chi connectivity index (χ1n) is 8.52. The Balaban J connectivity index is 1.38. The van der Waals surface area contributed by atoms with E-state index in [0.29, 0.717) is 16.3 Å². The highest BCUT2D eigenvalue weighted by Gasteiger charge is 2.18. The Bertz CT molecular complexity index is 903. The number of hydrogen-bond donors (Lipinski definition) is 3. The van der Waals surface area contributed by atoms with E-state index in [1.807, 2.05) is 6.07 Å². The van der Waals surface area contributed by atoms with Crippen LogP contribution in [0.4, 0.5) is 0 Å². The van der Waals surface area contributed by atoms with E-state index in [4.69, 9.17) is 4.42 Å². The second kappa shape index (κ2) is 7.17. The van der Waals surface area contributed by atoms with Crippen molar-refractivity contribution in [1.29, 1.82) is 0 Å². The van der Waals surface area contributed by atoms with Crippen molar-refractivity contribution in [1.82, 2.24) is 21.0 Å². The number of aryl methyl sites for hydroxylation is 2. The number of thiophene rings is 1. The molecule has 3 aromatic heterocycles. The molecule has 7 nitrogen and oxygen atoms in total. The maximum atomic E-state index is 12.3. The summed E-state index contributed by atoms with van der Waals surface area (Å²) in [5.74, 6) is -0.218. The molecule has 26 heavy (non-hydrogen) atoms. The summed E-state index contributed by atoms with van der Waals surface area (Å²) in [4.78, 5) is 26.4. The van der Waals surface area contributed by atoms with Gasteiger partial charge in [0.1, 0.15) is 5.69 Å². The highest BCUT2D eigenvalue weighted by molar-refractivity contribution is 7.14. The van der Waals surface area contributed by atoms with Gasteiger partial charge in [-0.1, -0.05) is 6.42 Å². The van der Waals surface area contributed by atoms with Crippen LogP contribution in [0, 0.1) is 0 Å². The van der Waals surface area contributed by atoms with E-state index in [-0.39, 0.29) is 11.6 Å². The molecule has 0 atom stereocenters. The molecule has 3 N–H and O–H groups in total. The molecule has 3 heterocycles. The van der Waals surface area contributed by atoms with Gasteiger partial charge in [-0.2, -0.15) is 5.10 Å². The van der Waals surface area contributed by atoms with Gasteiger partial charge in [-0.15, -0.1) is 11.3 Å². The first kappa shape index (κ1) is 16.6. The van der Waals surface area contributed by atoms with Gasteiger partial charge in [0.05, 0.1) is 11.1 Å². The van der Waals surface area contributed by atoms with Crippen LogP contribution in [0.15, 0.2) is 34.9 Å². The minimum atomic E-state index is -0.495. The van der Waals surface area contributed by atoms with Crippen LogP contribution in [-0.2, 0) is 12.8 Å². The van der Waals surface area contributed by atoms with Gasteiger partial charge in [0.2, 0.25) is 0 Å². The number of carbonyl (C=O) groups excluding carboxylic acids is 2. The van der Waals surface area contributed by atoms with E-state index >= 15 is 0 Å². The molecule has 0 unspecified atom stereocenters. The van der Waals surface area contributed by atoms with Crippen molar-refractivity contribution >= 4 is 23.2 Å². The Morgan fingerprint density at radius 3 is 2.81 bits per heavy atom. The van der Waals surface area contributed by atoms with Gasteiger partial charge in [0.25, 0.3) is 11.8 Å². The lowest BCUT2D eigenvalue weighted by Crippen LogP contribution is -2.41. The maximum absolute atomic E-state index is 12.3. The first-order chi connectivity index (χ1) is 12.7. The molecule has 8 heteroatoms. The minimum absolute atomic E-state index is 0.165. The van der Waals surface area contributed by atoms with E-state index in [1.54, 1.807) is 24.5 Å². The van der Waals surface area contributed by atoms with Crippen molar-refractivity contribution in [2.45, 2.75) is 32.1 Å². The molecule has 134 valence electrons. The predicted molar refractivity (Wildman–Crippen MR) is 96.8 cm³/mol. The molecule has 3 aromatic rings. The Labute approximate surface area is 153 Å². The molecule has 0 fully saturated rings. The number of aromatic nitrogens is 2. The van der Waals surface area contributed by atoms with Gasteiger partial charge in [-0.05, 0) is 49.4 Å². The van der Waals surface area contributed by atoms with Crippen molar-refractivity contribution in [3.63, 3.8) is 0 Å². The van der Waals surface area contributed by atoms with E-state index in [0.717, 1.165) is 12.8 Å². The fourth-order valence-corrected chi connectivity index (χ4v) is 4.16. The average molecular weight is 370 g/mol. The van der Waals surface area contributed by atoms with Crippen molar-refractivity contribution in [3.8, 4) is 11.5 Å². The number of nitrogens with one attached hydrogen (secondary N) is 3. The number of nitrogens with zero attached hydrogens (tertiary/aromatic N) is 1. The molecule has 0 aliphatic heterocycles. The molecule has 1 aliphatic rings. The Morgan fingerprint density at radius 2 is 1.96 bits per heavy atom. The smallest absolute Gasteiger partial charge is 0.290 e. The number of carbonyl (C=O) groups is 2. The van der Waals surface area contributed by atoms with Crippen molar-refractivity contribution < 1.29 is 14.0 Å². The molecule has 0 bridgehead atoms. The minimum Gasteiger partial charge on any atom is -0.463 e. The van der Waals surface area contributed by atoms with Crippen LogP contribution in [0.25, 0.3) is 11.5 Å². The quantitative estimate of drug-likeness (QED) is 0.487. The summed E-state index contributed by atoms with van der Waals surface area (Å²) >= 11 is 1.51. The van der Waals surface area contributed by atoms with Crippen LogP contribution >= 0.6 is 11.3 Å². The number of H-pyrrole nitrogens is 1. The van der Waals surface area contributed by atoms with E-state index in [1.165, 1.54) is 41.0 Å². The Morgan fingerprint density at radius 1 is 1.12 bits per heavy atom. The van der Waals surface area contributed by atoms with E-state index in [9.17, 15) is 9.59 Å². The number of aromatic amines is 1. The molecular weight excluding hydrogens is 352 g/mol. The molecule has 0 spiro atoms. The van der Waals surface area contributed by atoms with Crippen LogP contribution in [0.3, 0.4) is 0 Å². The molecule has 2 amide bonds. The summed E-state index contributed by atoms with van der Waals surface area (Å²) in [7, 11) is 0. The van der Waals surface area contributed by atoms with Gasteiger partial charge in [0.15, 0.2) is 11.5 Å². The third-order valence-electron chi connectivity index (χ3n) is 4.36. The van der Waals surface area contributed by atoms with Crippen molar-refractivity contribution in [2.24, 2.45) is 0 Å². The zero-order chi connectivity index (χ0) is 17.9. The summed E-state index contributed by atoms with van der Waals surface area (Å²) in [5.41, 5.74) is 6.88. The van der Waals surface area contributed by atoms with Crippen LogP contribution in [-0.4, -0.2) is 22.0 Å². The summed E-state index contributed by atoms with van der Waals surface area (Å²) in [5, 5.41) is 6.67. The monoisotopic (exact) mass is 370 g/mol. The first-order valence-corrected chi connectivity index (χ1v) is 9.34. The molecule has 1 aliphatic carbocycles. The van der Waals surface area contributed by atoms with Crippen LogP contribution < -0.4 is 10.9 Å². The Hall–Kier alpha value is -2.87. The van der Waals surface area contributed by atoms with Crippen LogP contribution in [0.2, 0.25) is 0 Å². The summed E-state index contributed by atoms with van der Waals surface area (Å²) < 4.78 is 5.25. The van der Waals surface area contributed by atoms with Crippen molar-refractivity contribution in [3.05, 3.63) is 51.5 Å². The molecule has 0 saturated carbocycles. The number of hydrazine groups is 1. The molecular formula is C18H18N4O3S. The number of amides is 2. The molecule has 0 aromatic carbocycles. The third kappa shape index (κ3) is 3.41. The van der Waals surface area contributed by atoms with Crippen LogP contribution in [0.1, 0.15) is 49.9 Å². The lowest BCUT2D eigenvalue weighted by Gasteiger charge is -2.04. The fourth-order valence-electron chi connectivity index (χ4n) is 3.01. The van der Waals surface area contributed by atoms with E-state index in [2.05, 4.69) is 21.0 Å². The average Bonchev–Trinajstić information content (AvgIpc) is 3.38. The summed E-state index contributed by atoms with van der Waals surface area (Å²) in [6, 6.07) is 7.01. The van der Waals surface area contributed by atoms with Gasteiger partial charge in [-0.25, -0.2) is 0 Å². The number of rotatable bonds is 3. The number of fused-ring (bicyclic) bond motifs is 1. The highest BCUT2D eigenvalue weighted by Crippen LogP contribution is 2.28. The number of furan rings is 1. The maximum Gasteiger partial charge on any atom is 0.290 e. The topological polar surface area (TPSA) is 100 Å². The zero-order valence-electron chi connectivity index (χ0n) is 14.0. The van der Waals surface area contributed by atoms with E-state index < -0.39 is 5.91 Å². The Kier molecular flexibility index (Phi) is 4.57. The summed E-state index contributed by atoms with van der Waals surface area (Å²) in [6.07, 6.45) is 7.17. The lowest BCUT2D eigenvalue weighted by atomic mass is 10.1. The normalized spacial score (nSPS) is 13.7. The summed E-state index contributed by atoms with van der Waals surface area (Å²) in [6.45, 7) is 0. The fraction of sp³-hybridized carbons (Fsp3) is 0.278. The van der Waals surface area contributed by atoms with Crippen LogP contribution in [0.5, 0.6) is 0 Å². The number of hydrogen-bond acceptors (Lipinski definition) is 5.